The Labute approximate surface area is 125 Å². The summed E-state index contributed by atoms with van der Waals surface area (Å²) in [5.74, 6) is 1.70. The van der Waals surface area contributed by atoms with Crippen LogP contribution in [0.4, 0.5) is 19.2 Å². The largest absolute Gasteiger partial charge is 0.462 e. The number of carbonyl (C=O) groups is 4. The van der Waals surface area contributed by atoms with E-state index < -0.39 is 24.4 Å². The highest BCUT2D eigenvalue weighted by atomic mass is 16.4. The Hall–Kier alpha value is -2.92. The summed E-state index contributed by atoms with van der Waals surface area (Å²) in [5.41, 5.74) is 0. The van der Waals surface area contributed by atoms with E-state index in [9.17, 15) is 19.2 Å². The summed E-state index contributed by atoms with van der Waals surface area (Å²) in [6, 6.07) is 0. The molecule has 0 unspecified atom stereocenters. The Balaban J connectivity index is -0.000000249. The second-order valence-electron chi connectivity index (χ2n) is 4.02. The number of azo groups is 2. The smallest absolute Gasteiger partial charge is 0.450 e. The van der Waals surface area contributed by atoms with Crippen molar-refractivity contribution in [1.29, 1.82) is 0 Å². The molecule has 22 heavy (non-hydrogen) atoms. The summed E-state index contributed by atoms with van der Waals surface area (Å²) in [4.78, 5) is 37.5. The Morgan fingerprint density at radius 2 is 0.682 bits per heavy atom. The molecule has 0 heterocycles. The maximum absolute atomic E-state index is 9.38. The maximum atomic E-state index is 9.38. The molecule has 0 aromatic rings. The van der Waals surface area contributed by atoms with Gasteiger partial charge < -0.3 is 20.4 Å². The van der Waals surface area contributed by atoms with Gasteiger partial charge in [0.2, 0.25) is 0 Å². The first kappa shape index (κ1) is 24.1. The summed E-state index contributed by atoms with van der Waals surface area (Å²) in [6.07, 6.45) is -6.47. The predicted molar refractivity (Wildman–Crippen MR) is 71.5 cm³/mol. The maximum Gasteiger partial charge on any atom is 0.450 e. The van der Waals surface area contributed by atoms with Crippen LogP contribution >= 0.6 is 0 Å². The van der Waals surface area contributed by atoms with Crippen LogP contribution in [0.1, 0.15) is 27.7 Å². The highest BCUT2D eigenvalue weighted by Crippen LogP contribution is 2.05. The summed E-state index contributed by atoms with van der Waals surface area (Å²) < 4.78 is 0. The van der Waals surface area contributed by atoms with E-state index >= 15 is 0 Å². The van der Waals surface area contributed by atoms with Gasteiger partial charge in [0.15, 0.2) is 0 Å². The summed E-state index contributed by atoms with van der Waals surface area (Å²) in [5, 5.41) is 39.6. The molecular formula is C10H18N4O8. The highest BCUT2D eigenvalue weighted by Gasteiger charge is 1.95. The molecule has 0 aliphatic rings. The van der Waals surface area contributed by atoms with Crippen molar-refractivity contribution in [3.05, 3.63) is 0 Å². The lowest BCUT2D eigenvalue weighted by Gasteiger charge is -2.05. The summed E-state index contributed by atoms with van der Waals surface area (Å²) >= 11 is 0. The first-order valence-electron chi connectivity index (χ1n) is 5.65. The topological polar surface area (TPSA) is 199 Å². The summed E-state index contributed by atoms with van der Waals surface area (Å²) in [6.45, 7) is 8.96. The number of nitrogens with zero attached hydrogens (tertiary/aromatic N) is 4. The molecule has 4 N–H and O–H groups in total. The van der Waals surface area contributed by atoms with Gasteiger partial charge in [-0.15, -0.1) is 0 Å². The Morgan fingerprint density at radius 1 is 0.545 bits per heavy atom. The molecular weight excluding hydrogens is 304 g/mol. The van der Waals surface area contributed by atoms with Crippen LogP contribution in [0, 0.1) is 11.8 Å². The molecule has 0 radical (unpaired) electrons. The molecule has 126 valence electrons. The molecule has 0 spiro atoms. The lowest BCUT2D eigenvalue weighted by molar-refractivity contribution is 0.194. The molecule has 4 amide bonds. The van der Waals surface area contributed by atoms with E-state index in [1.807, 2.05) is 0 Å². The third kappa shape index (κ3) is 36.0. The second kappa shape index (κ2) is 14.5. The van der Waals surface area contributed by atoms with Crippen molar-refractivity contribution in [3.63, 3.8) is 0 Å². The van der Waals surface area contributed by atoms with E-state index in [4.69, 9.17) is 20.4 Å². The molecule has 12 heteroatoms. The van der Waals surface area contributed by atoms with Gasteiger partial charge in [0.1, 0.15) is 0 Å². The molecule has 0 aromatic carbocycles. The van der Waals surface area contributed by atoms with Crippen LogP contribution in [-0.2, 0) is 0 Å². The minimum Gasteiger partial charge on any atom is -0.462 e. The van der Waals surface area contributed by atoms with E-state index in [0.717, 1.165) is 11.8 Å². The Kier molecular flexibility index (Phi) is 15.9. The van der Waals surface area contributed by atoms with Crippen molar-refractivity contribution in [1.82, 2.24) is 0 Å². The van der Waals surface area contributed by atoms with Gasteiger partial charge in [-0.25, -0.2) is 19.2 Å². The van der Waals surface area contributed by atoms with Crippen LogP contribution in [0.25, 0.3) is 0 Å². The minimum absolute atomic E-state index is 0.852. The Bertz CT molecular complexity index is 359. The summed E-state index contributed by atoms with van der Waals surface area (Å²) in [7, 11) is 0. The van der Waals surface area contributed by atoms with E-state index in [-0.39, 0.29) is 0 Å². The minimum atomic E-state index is -1.62. The lowest BCUT2D eigenvalue weighted by Crippen LogP contribution is -1.95. The van der Waals surface area contributed by atoms with Crippen molar-refractivity contribution < 1.29 is 39.6 Å². The van der Waals surface area contributed by atoms with Gasteiger partial charge in [-0.05, 0) is 11.8 Å². The first-order valence-corrected chi connectivity index (χ1v) is 5.65. The number of carboxylic acid groups (broad SMARTS) is 4. The average Bonchev–Trinajstić information content (AvgIpc) is 2.35. The average molecular weight is 322 g/mol. The second-order valence-corrected chi connectivity index (χ2v) is 4.02. The third-order valence-corrected chi connectivity index (χ3v) is 1.78. The van der Waals surface area contributed by atoms with Crippen LogP contribution in [0.15, 0.2) is 20.5 Å². The van der Waals surface area contributed by atoms with Crippen LogP contribution in [0.2, 0.25) is 0 Å². The predicted octanol–water partition coefficient (Wildman–Crippen LogP) is 3.89. The fraction of sp³-hybridized carbons (Fsp3) is 0.600. The standard InChI is InChI=1S/C6H14.2C2H2N2O4/c1-5(2)6(3)4;2*5-1(6)3-4-2(7)8/h5-6H,1-4H3;2*(H,5,6)(H,7,8)/b;2*4-3+. The number of amides is 4. The monoisotopic (exact) mass is 322 g/mol. The number of hydrogen-bond acceptors (Lipinski definition) is 4. The normalized spacial score (nSPS) is 9.91. The van der Waals surface area contributed by atoms with Crippen LogP contribution in [0.3, 0.4) is 0 Å². The fourth-order valence-electron chi connectivity index (χ4n) is 0.171. The zero-order chi connectivity index (χ0) is 18.3. The van der Waals surface area contributed by atoms with Crippen LogP contribution < -0.4 is 0 Å². The molecule has 0 atom stereocenters. The van der Waals surface area contributed by atoms with E-state index in [0.29, 0.717) is 0 Å². The van der Waals surface area contributed by atoms with Gasteiger partial charge in [-0.2, -0.15) is 0 Å². The van der Waals surface area contributed by atoms with E-state index in [1.54, 1.807) is 0 Å². The van der Waals surface area contributed by atoms with Gasteiger partial charge in [-0.3, -0.25) is 0 Å². The Morgan fingerprint density at radius 3 is 0.727 bits per heavy atom. The third-order valence-electron chi connectivity index (χ3n) is 1.78. The quantitative estimate of drug-likeness (QED) is 0.520. The van der Waals surface area contributed by atoms with Gasteiger partial charge in [-0.1, -0.05) is 48.2 Å². The fourth-order valence-corrected chi connectivity index (χ4v) is 0.171. The zero-order valence-corrected chi connectivity index (χ0v) is 12.4. The van der Waals surface area contributed by atoms with Crippen molar-refractivity contribution in [2.45, 2.75) is 27.7 Å². The molecule has 0 aliphatic heterocycles. The number of hydrogen-bond donors (Lipinski definition) is 4. The van der Waals surface area contributed by atoms with Crippen molar-refractivity contribution in [2.24, 2.45) is 32.3 Å². The molecule has 0 bridgehead atoms. The lowest BCUT2D eigenvalue weighted by atomic mass is 10.0. The molecule has 0 saturated heterocycles. The molecule has 0 aromatic heterocycles. The molecule has 0 saturated carbocycles. The SMILES string of the molecule is CC(C)C(C)C.O=C(O)/N=N/C(=O)O.O=C(O)/N=N/C(=O)O. The number of rotatable bonds is 1. The highest BCUT2D eigenvalue weighted by molar-refractivity contribution is 5.70. The van der Waals surface area contributed by atoms with Gasteiger partial charge >= 0.3 is 24.4 Å². The first-order chi connectivity index (χ1) is 9.89. The van der Waals surface area contributed by atoms with Gasteiger partial charge in [0.25, 0.3) is 0 Å². The van der Waals surface area contributed by atoms with Crippen LogP contribution in [-0.4, -0.2) is 44.8 Å². The molecule has 0 fully saturated rings. The van der Waals surface area contributed by atoms with Gasteiger partial charge in [0.05, 0.1) is 0 Å². The molecule has 0 aliphatic carbocycles. The van der Waals surface area contributed by atoms with E-state index in [2.05, 4.69) is 48.2 Å². The van der Waals surface area contributed by atoms with E-state index in [1.165, 1.54) is 0 Å². The van der Waals surface area contributed by atoms with Crippen LogP contribution in [0.5, 0.6) is 0 Å². The molecule has 12 nitrogen and oxygen atoms in total. The van der Waals surface area contributed by atoms with Gasteiger partial charge in [0, 0.05) is 0 Å². The zero-order valence-electron chi connectivity index (χ0n) is 12.4. The van der Waals surface area contributed by atoms with Crippen molar-refractivity contribution in [3.8, 4) is 0 Å². The van der Waals surface area contributed by atoms with Crippen molar-refractivity contribution in [2.75, 3.05) is 0 Å². The van der Waals surface area contributed by atoms with Crippen molar-refractivity contribution >= 4 is 24.4 Å². The molecule has 0 rings (SSSR count).